The number of likely N-dealkylation sites (N-methyl/N-ethyl adjacent to an activating group) is 1. The second kappa shape index (κ2) is 8.86. The van der Waals surface area contributed by atoms with E-state index in [4.69, 9.17) is 11.6 Å². The Kier molecular flexibility index (Phi) is 6.81. The minimum absolute atomic E-state index is 0.0916. The zero-order valence-electron chi connectivity index (χ0n) is 15.7. The van der Waals surface area contributed by atoms with Gasteiger partial charge < -0.3 is 10.2 Å². The molecule has 2 aromatic rings. The quantitative estimate of drug-likeness (QED) is 0.841. The summed E-state index contributed by atoms with van der Waals surface area (Å²) in [5.41, 5.74) is 4.08. The van der Waals surface area contributed by atoms with Crippen molar-refractivity contribution in [3.05, 3.63) is 69.7 Å². The highest BCUT2D eigenvalue weighted by Crippen LogP contribution is 2.17. The normalized spacial score (nSPS) is 11.7. The van der Waals surface area contributed by atoms with Crippen molar-refractivity contribution >= 4 is 23.4 Å². The molecule has 0 aliphatic rings. The Morgan fingerprint density at radius 3 is 2.31 bits per heavy atom. The van der Waals surface area contributed by atoms with E-state index in [0.717, 1.165) is 22.3 Å². The Morgan fingerprint density at radius 1 is 1.08 bits per heavy atom. The summed E-state index contributed by atoms with van der Waals surface area (Å²) >= 11 is 6.06. The van der Waals surface area contributed by atoms with Gasteiger partial charge in [0.2, 0.25) is 11.8 Å². The number of hydrogen-bond acceptors (Lipinski definition) is 2. The van der Waals surface area contributed by atoms with Crippen LogP contribution in [0.25, 0.3) is 0 Å². The molecule has 0 aliphatic carbocycles. The van der Waals surface area contributed by atoms with E-state index >= 15 is 0 Å². The summed E-state index contributed by atoms with van der Waals surface area (Å²) in [4.78, 5) is 26.7. The standard InChI is InChI=1S/C21H25ClN2O2/c1-14-8-15(2)10-18(9-14)12-20(25)24(16(3)21(26)23-4)13-17-6-5-7-19(22)11-17/h5-11,16H,12-13H2,1-4H3,(H,23,26). The predicted molar refractivity (Wildman–Crippen MR) is 105 cm³/mol. The molecule has 5 heteroatoms. The maximum absolute atomic E-state index is 13.0. The molecule has 1 N–H and O–H groups in total. The van der Waals surface area contributed by atoms with Gasteiger partial charge in [-0.15, -0.1) is 0 Å². The number of nitrogens with one attached hydrogen (secondary N) is 1. The molecular formula is C21H25ClN2O2. The van der Waals surface area contributed by atoms with Crippen molar-refractivity contribution in [2.75, 3.05) is 7.05 Å². The van der Waals surface area contributed by atoms with E-state index in [9.17, 15) is 9.59 Å². The maximum Gasteiger partial charge on any atom is 0.242 e. The first kappa shape index (κ1) is 20.0. The van der Waals surface area contributed by atoms with E-state index in [2.05, 4.69) is 11.4 Å². The van der Waals surface area contributed by atoms with Crippen LogP contribution in [0.1, 0.15) is 29.2 Å². The summed E-state index contributed by atoms with van der Waals surface area (Å²) in [7, 11) is 1.57. The molecule has 2 amide bonds. The molecule has 2 aromatic carbocycles. The summed E-state index contributed by atoms with van der Waals surface area (Å²) in [6.07, 6.45) is 0.254. The lowest BCUT2D eigenvalue weighted by molar-refractivity contribution is -0.139. The van der Waals surface area contributed by atoms with Gasteiger partial charge in [0, 0.05) is 18.6 Å². The Morgan fingerprint density at radius 2 is 1.73 bits per heavy atom. The Labute approximate surface area is 160 Å². The molecule has 1 atom stereocenters. The van der Waals surface area contributed by atoms with Crippen molar-refractivity contribution in [3.8, 4) is 0 Å². The summed E-state index contributed by atoms with van der Waals surface area (Å²) in [6, 6.07) is 12.9. The molecule has 1 unspecified atom stereocenters. The number of halogens is 1. The first-order chi connectivity index (χ1) is 12.3. The molecule has 0 radical (unpaired) electrons. The zero-order valence-corrected chi connectivity index (χ0v) is 16.4. The molecule has 0 fully saturated rings. The molecule has 0 aromatic heterocycles. The maximum atomic E-state index is 13.0. The van der Waals surface area contributed by atoms with Crippen LogP contribution in [0, 0.1) is 13.8 Å². The van der Waals surface area contributed by atoms with Crippen LogP contribution in [0.15, 0.2) is 42.5 Å². The minimum Gasteiger partial charge on any atom is -0.357 e. The summed E-state index contributed by atoms with van der Waals surface area (Å²) in [5.74, 6) is -0.285. The fourth-order valence-electron chi connectivity index (χ4n) is 3.07. The van der Waals surface area contributed by atoms with Gasteiger partial charge >= 0.3 is 0 Å². The SMILES string of the molecule is CNC(=O)C(C)N(Cc1cccc(Cl)c1)C(=O)Cc1cc(C)cc(C)c1. The molecule has 0 saturated carbocycles. The number of benzene rings is 2. The number of carbonyl (C=O) groups is 2. The molecule has 0 spiro atoms. The predicted octanol–water partition coefficient (Wildman–Crippen LogP) is 3.66. The van der Waals surface area contributed by atoms with Crippen LogP contribution < -0.4 is 5.32 Å². The van der Waals surface area contributed by atoms with Gasteiger partial charge in [-0.05, 0) is 44.0 Å². The number of rotatable bonds is 6. The van der Waals surface area contributed by atoms with Crippen molar-refractivity contribution in [1.82, 2.24) is 10.2 Å². The van der Waals surface area contributed by atoms with Gasteiger partial charge in [0.1, 0.15) is 6.04 Å². The molecular weight excluding hydrogens is 348 g/mol. The highest BCUT2D eigenvalue weighted by atomic mass is 35.5. The van der Waals surface area contributed by atoms with Crippen molar-refractivity contribution < 1.29 is 9.59 Å². The Bertz CT molecular complexity index is 784. The molecule has 138 valence electrons. The molecule has 26 heavy (non-hydrogen) atoms. The van der Waals surface area contributed by atoms with Gasteiger partial charge in [0.15, 0.2) is 0 Å². The number of hydrogen-bond donors (Lipinski definition) is 1. The van der Waals surface area contributed by atoms with Gasteiger partial charge in [0.05, 0.1) is 6.42 Å². The third-order valence-electron chi connectivity index (χ3n) is 4.29. The second-order valence-electron chi connectivity index (χ2n) is 6.61. The van der Waals surface area contributed by atoms with E-state index in [1.165, 1.54) is 0 Å². The highest BCUT2D eigenvalue weighted by Gasteiger charge is 2.25. The van der Waals surface area contributed by atoms with Crippen LogP contribution in [0.4, 0.5) is 0 Å². The van der Waals surface area contributed by atoms with Crippen LogP contribution in [-0.2, 0) is 22.6 Å². The van der Waals surface area contributed by atoms with Crippen LogP contribution >= 0.6 is 11.6 Å². The summed E-state index contributed by atoms with van der Waals surface area (Å²) < 4.78 is 0. The van der Waals surface area contributed by atoms with Crippen LogP contribution in [0.5, 0.6) is 0 Å². The lowest BCUT2D eigenvalue weighted by atomic mass is 10.0. The first-order valence-electron chi connectivity index (χ1n) is 8.63. The zero-order chi connectivity index (χ0) is 19.3. The largest absolute Gasteiger partial charge is 0.357 e. The van der Waals surface area contributed by atoms with Crippen molar-refractivity contribution in [3.63, 3.8) is 0 Å². The molecule has 2 rings (SSSR count). The lowest BCUT2D eigenvalue weighted by Gasteiger charge is -2.28. The van der Waals surface area contributed by atoms with Gasteiger partial charge in [-0.25, -0.2) is 0 Å². The molecule has 0 heterocycles. The van der Waals surface area contributed by atoms with E-state index in [1.54, 1.807) is 24.9 Å². The third kappa shape index (κ3) is 5.33. The summed E-state index contributed by atoms with van der Waals surface area (Å²) in [5, 5.41) is 3.23. The topological polar surface area (TPSA) is 49.4 Å². The molecule has 4 nitrogen and oxygen atoms in total. The third-order valence-corrected chi connectivity index (χ3v) is 4.53. The average Bonchev–Trinajstić information content (AvgIpc) is 2.57. The van der Waals surface area contributed by atoms with Crippen molar-refractivity contribution in [1.29, 1.82) is 0 Å². The van der Waals surface area contributed by atoms with E-state index in [1.807, 2.05) is 44.2 Å². The van der Waals surface area contributed by atoms with Crippen molar-refractivity contribution in [2.24, 2.45) is 0 Å². The van der Waals surface area contributed by atoms with Gasteiger partial charge in [-0.2, -0.15) is 0 Å². The monoisotopic (exact) mass is 372 g/mol. The van der Waals surface area contributed by atoms with Gasteiger partial charge in [-0.3, -0.25) is 9.59 Å². The van der Waals surface area contributed by atoms with Crippen LogP contribution in [0.2, 0.25) is 5.02 Å². The van der Waals surface area contributed by atoms with Gasteiger partial charge in [-0.1, -0.05) is 53.1 Å². The lowest BCUT2D eigenvalue weighted by Crippen LogP contribution is -2.47. The number of carbonyl (C=O) groups excluding carboxylic acids is 2. The number of aryl methyl sites for hydroxylation is 2. The first-order valence-corrected chi connectivity index (χ1v) is 9.00. The Balaban J connectivity index is 2.26. The van der Waals surface area contributed by atoms with E-state index in [-0.39, 0.29) is 18.2 Å². The van der Waals surface area contributed by atoms with E-state index < -0.39 is 6.04 Å². The summed E-state index contributed by atoms with van der Waals surface area (Å²) in [6.45, 7) is 6.09. The molecule has 0 saturated heterocycles. The van der Waals surface area contributed by atoms with Gasteiger partial charge in [0.25, 0.3) is 0 Å². The fraction of sp³-hybridized carbons (Fsp3) is 0.333. The number of amides is 2. The highest BCUT2D eigenvalue weighted by molar-refractivity contribution is 6.30. The Hall–Kier alpha value is -2.33. The number of nitrogens with zero attached hydrogens (tertiary/aromatic N) is 1. The van der Waals surface area contributed by atoms with Crippen LogP contribution in [-0.4, -0.2) is 29.8 Å². The molecule has 0 bridgehead atoms. The van der Waals surface area contributed by atoms with Crippen molar-refractivity contribution in [2.45, 2.75) is 39.8 Å². The van der Waals surface area contributed by atoms with Crippen LogP contribution in [0.3, 0.4) is 0 Å². The molecule has 0 aliphatic heterocycles. The van der Waals surface area contributed by atoms with E-state index in [0.29, 0.717) is 11.6 Å². The smallest absolute Gasteiger partial charge is 0.242 e. The second-order valence-corrected chi connectivity index (χ2v) is 7.05. The fourth-order valence-corrected chi connectivity index (χ4v) is 3.28. The minimum atomic E-state index is -0.572. The average molecular weight is 373 g/mol.